The van der Waals surface area contributed by atoms with Crippen LogP contribution in [-0.2, 0) is 9.53 Å². The highest BCUT2D eigenvalue weighted by Gasteiger charge is 2.33. The number of hydrogen-bond acceptors (Lipinski definition) is 3. The highest BCUT2D eigenvalue weighted by molar-refractivity contribution is 5.81. The molecule has 1 aliphatic rings. The number of amides is 1. The molecule has 140 valence electrons. The molecule has 0 aromatic heterocycles. The standard InChI is InChI=1S/C18H36N4O2/c1-5-19-17(20-13-9-16(23)22(3)4)21-15-18(10-7-8-11-18)12-14-24-6-2/h5-15H2,1-4H3,(H2,19,20,21). The van der Waals surface area contributed by atoms with Gasteiger partial charge in [-0.2, -0.15) is 0 Å². The largest absolute Gasteiger partial charge is 0.382 e. The first-order valence-corrected chi connectivity index (χ1v) is 9.33. The molecule has 24 heavy (non-hydrogen) atoms. The van der Waals surface area contributed by atoms with Gasteiger partial charge in [-0.15, -0.1) is 0 Å². The zero-order valence-corrected chi connectivity index (χ0v) is 16.0. The van der Waals surface area contributed by atoms with Crippen LogP contribution in [0.2, 0.25) is 0 Å². The van der Waals surface area contributed by atoms with Gasteiger partial charge in [-0.05, 0) is 38.5 Å². The van der Waals surface area contributed by atoms with E-state index in [0.717, 1.165) is 38.7 Å². The Bertz CT molecular complexity index is 390. The van der Waals surface area contributed by atoms with Crippen LogP contribution >= 0.6 is 0 Å². The molecule has 1 amide bonds. The number of ether oxygens (including phenoxy) is 1. The van der Waals surface area contributed by atoms with E-state index < -0.39 is 0 Å². The molecule has 0 saturated heterocycles. The highest BCUT2D eigenvalue weighted by atomic mass is 16.5. The summed E-state index contributed by atoms with van der Waals surface area (Å²) in [6, 6.07) is 0. The third kappa shape index (κ3) is 7.51. The molecule has 0 heterocycles. The summed E-state index contributed by atoms with van der Waals surface area (Å²) in [6.45, 7) is 7.96. The number of guanidine groups is 1. The van der Waals surface area contributed by atoms with E-state index in [1.165, 1.54) is 25.7 Å². The molecule has 6 nitrogen and oxygen atoms in total. The van der Waals surface area contributed by atoms with E-state index in [1.807, 2.05) is 6.92 Å². The summed E-state index contributed by atoms with van der Waals surface area (Å²) in [7, 11) is 3.56. The molecule has 0 radical (unpaired) electrons. The van der Waals surface area contributed by atoms with Gasteiger partial charge in [0.2, 0.25) is 5.91 Å². The van der Waals surface area contributed by atoms with Crippen LogP contribution in [-0.4, -0.2) is 63.7 Å². The molecule has 0 aromatic rings. The van der Waals surface area contributed by atoms with Crippen LogP contribution < -0.4 is 10.6 Å². The van der Waals surface area contributed by atoms with E-state index in [4.69, 9.17) is 9.73 Å². The first-order chi connectivity index (χ1) is 11.5. The second-order valence-corrected chi connectivity index (χ2v) is 6.81. The molecule has 1 rings (SSSR count). The van der Waals surface area contributed by atoms with E-state index >= 15 is 0 Å². The summed E-state index contributed by atoms with van der Waals surface area (Å²) in [5, 5.41) is 6.55. The number of carbonyl (C=O) groups excluding carboxylic acids is 1. The summed E-state index contributed by atoms with van der Waals surface area (Å²) >= 11 is 0. The van der Waals surface area contributed by atoms with E-state index in [0.29, 0.717) is 13.0 Å². The summed E-state index contributed by atoms with van der Waals surface area (Å²) < 4.78 is 5.57. The monoisotopic (exact) mass is 340 g/mol. The van der Waals surface area contributed by atoms with Gasteiger partial charge in [-0.3, -0.25) is 9.79 Å². The summed E-state index contributed by atoms with van der Waals surface area (Å²) in [5.74, 6) is 0.939. The van der Waals surface area contributed by atoms with E-state index in [9.17, 15) is 4.79 Å². The Morgan fingerprint density at radius 1 is 1.21 bits per heavy atom. The quantitative estimate of drug-likeness (QED) is 0.363. The molecule has 0 atom stereocenters. The molecule has 6 heteroatoms. The van der Waals surface area contributed by atoms with E-state index in [1.54, 1.807) is 19.0 Å². The minimum atomic E-state index is 0.127. The molecule has 1 fully saturated rings. The van der Waals surface area contributed by atoms with Crippen molar-refractivity contribution in [2.45, 2.75) is 52.4 Å². The average Bonchev–Trinajstić information content (AvgIpc) is 3.02. The molecular weight excluding hydrogens is 304 g/mol. The van der Waals surface area contributed by atoms with Crippen LogP contribution in [0.5, 0.6) is 0 Å². The second-order valence-electron chi connectivity index (χ2n) is 6.81. The Labute approximate surface area is 147 Å². The SMILES string of the molecule is CCNC(=NCC1(CCOCC)CCCC1)NCCC(=O)N(C)C. The molecule has 1 saturated carbocycles. The Hall–Kier alpha value is -1.30. The van der Waals surface area contributed by atoms with Gasteiger partial charge in [0.05, 0.1) is 0 Å². The van der Waals surface area contributed by atoms with Gasteiger partial charge in [0.15, 0.2) is 5.96 Å². The molecule has 1 aliphatic carbocycles. The van der Waals surface area contributed by atoms with Crippen molar-refractivity contribution in [2.24, 2.45) is 10.4 Å². The molecule has 0 unspecified atom stereocenters. The van der Waals surface area contributed by atoms with Crippen molar-refractivity contribution in [3.05, 3.63) is 0 Å². The average molecular weight is 341 g/mol. The number of aliphatic imine (C=N–C) groups is 1. The number of hydrogen-bond donors (Lipinski definition) is 2. The normalized spacial score (nSPS) is 16.9. The first kappa shape index (κ1) is 20.7. The minimum Gasteiger partial charge on any atom is -0.382 e. The number of nitrogens with one attached hydrogen (secondary N) is 2. The Kier molecular flexibility index (Phi) is 9.76. The van der Waals surface area contributed by atoms with Crippen LogP contribution in [0, 0.1) is 5.41 Å². The third-order valence-electron chi connectivity index (χ3n) is 4.69. The lowest BCUT2D eigenvalue weighted by Gasteiger charge is -2.27. The lowest BCUT2D eigenvalue weighted by Crippen LogP contribution is -2.40. The molecule has 0 aliphatic heterocycles. The maximum absolute atomic E-state index is 11.7. The summed E-state index contributed by atoms with van der Waals surface area (Å²) in [5.41, 5.74) is 0.289. The fourth-order valence-electron chi connectivity index (χ4n) is 3.15. The Balaban J connectivity index is 2.53. The van der Waals surface area contributed by atoms with E-state index in [-0.39, 0.29) is 11.3 Å². The lowest BCUT2D eigenvalue weighted by atomic mass is 9.83. The second kappa shape index (κ2) is 11.3. The van der Waals surface area contributed by atoms with Crippen molar-refractivity contribution in [3.8, 4) is 0 Å². The smallest absolute Gasteiger partial charge is 0.223 e. The molecule has 0 spiro atoms. The van der Waals surface area contributed by atoms with Crippen LogP contribution in [0.25, 0.3) is 0 Å². The first-order valence-electron chi connectivity index (χ1n) is 9.33. The summed E-state index contributed by atoms with van der Waals surface area (Å²) in [6.07, 6.45) is 6.63. The Morgan fingerprint density at radius 3 is 2.50 bits per heavy atom. The van der Waals surface area contributed by atoms with Gasteiger partial charge in [-0.25, -0.2) is 0 Å². The van der Waals surface area contributed by atoms with E-state index in [2.05, 4.69) is 17.6 Å². The van der Waals surface area contributed by atoms with Crippen LogP contribution in [0.15, 0.2) is 4.99 Å². The maximum atomic E-state index is 11.7. The zero-order chi connectivity index (χ0) is 17.8. The van der Waals surface area contributed by atoms with Gasteiger partial charge in [0.25, 0.3) is 0 Å². The van der Waals surface area contributed by atoms with Gasteiger partial charge < -0.3 is 20.3 Å². The van der Waals surface area contributed by atoms with Gasteiger partial charge in [0.1, 0.15) is 0 Å². The predicted octanol–water partition coefficient (Wildman–Crippen LogP) is 2.01. The van der Waals surface area contributed by atoms with Crippen molar-refractivity contribution >= 4 is 11.9 Å². The number of nitrogens with zero attached hydrogens (tertiary/aromatic N) is 2. The van der Waals surface area contributed by atoms with Crippen molar-refractivity contribution in [1.29, 1.82) is 0 Å². The van der Waals surface area contributed by atoms with Crippen molar-refractivity contribution in [2.75, 3.05) is 46.9 Å². The minimum absolute atomic E-state index is 0.127. The summed E-state index contributed by atoms with van der Waals surface area (Å²) in [4.78, 5) is 18.1. The zero-order valence-electron chi connectivity index (χ0n) is 16.0. The van der Waals surface area contributed by atoms with Gasteiger partial charge >= 0.3 is 0 Å². The predicted molar refractivity (Wildman–Crippen MR) is 99.3 cm³/mol. The molecule has 0 bridgehead atoms. The van der Waals surface area contributed by atoms with Gasteiger partial charge in [-0.1, -0.05) is 12.8 Å². The maximum Gasteiger partial charge on any atom is 0.223 e. The lowest BCUT2D eigenvalue weighted by molar-refractivity contribution is -0.128. The molecular formula is C18H36N4O2. The Morgan fingerprint density at radius 2 is 1.92 bits per heavy atom. The molecule has 0 aromatic carbocycles. The molecule has 2 N–H and O–H groups in total. The topological polar surface area (TPSA) is 66.0 Å². The highest BCUT2D eigenvalue weighted by Crippen LogP contribution is 2.41. The van der Waals surface area contributed by atoms with Gasteiger partial charge in [0, 0.05) is 53.4 Å². The fraction of sp³-hybridized carbons (Fsp3) is 0.889. The van der Waals surface area contributed by atoms with Crippen molar-refractivity contribution in [1.82, 2.24) is 15.5 Å². The number of rotatable bonds is 10. The van der Waals surface area contributed by atoms with Crippen molar-refractivity contribution in [3.63, 3.8) is 0 Å². The van der Waals surface area contributed by atoms with Crippen LogP contribution in [0.3, 0.4) is 0 Å². The fourth-order valence-corrected chi connectivity index (χ4v) is 3.15. The number of carbonyl (C=O) groups is 1. The van der Waals surface area contributed by atoms with Crippen molar-refractivity contribution < 1.29 is 9.53 Å². The van der Waals surface area contributed by atoms with Crippen LogP contribution in [0.1, 0.15) is 52.4 Å². The third-order valence-corrected chi connectivity index (χ3v) is 4.69. The van der Waals surface area contributed by atoms with Crippen LogP contribution in [0.4, 0.5) is 0 Å².